The average molecular weight is 461 g/mol. The van der Waals surface area contributed by atoms with Crippen molar-refractivity contribution >= 4 is 0 Å². The van der Waals surface area contributed by atoms with Gasteiger partial charge in [0.15, 0.2) is 0 Å². The molecule has 4 aliphatic rings. The van der Waals surface area contributed by atoms with Crippen molar-refractivity contribution in [2.75, 3.05) is 13.7 Å². The van der Waals surface area contributed by atoms with E-state index < -0.39 is 11.2 Å². The van der Waals surface area contributed by atoms with E-state index in [9.17, 15) is 10.2 Å². The van der Waals surface area contributed by atoms with Crippen LogP contribution in [0.1, 0.15) is 112 Å². The van der Waals surface area contributed by atoms with Crippen LogP contribution >= 0.6 is 0 Å². The number of hydrogen-bond acceptors (Lipinski definition) is 3. The third kappa shape index (κ3) is 4.60. The molecule has 190 valence electrons. The highest BCUT2D eigenvalue weighted by Crippen LogP contribution is 2.68. The first-order chi connectivity index (χ1) is 15.5. The predicted molar refractivity (Wildman–Crippen MR) is 136 cm³/mol. The summed E-state index contributed by atoms with van der Waals surface area (Å²) >= 11 is 0. The summed E-state index contributed by atoms with van der Waals surface area (Å²) in [5.41, 5.74) is 1.22. The van der Waals surface area contributed by atoms with E-state index in [1.807, 2.05) is 21.0 Å². The summed E-state index contributed by atoms with van der Waals surface area (Å²) in [5.74, 6) is 3.87. The molecule has 0 heterocycles. The fraction of sp³-hybridized carbons (Fsp3) is 0.933. The molecule has 0 spiro atoms. The van der Waals surface area contributed by atoms with E-state index in [1.165, 1.54) is 32.1 Å². The Morgan fingerprint density at radius 1 is 1.15 bits per heavy atom. The highest BCUT2D eigenvalue weighted by atomic mass is 16.5. The Kier molecular flexibility index (Phi) is 7.20. The fourth-order valence-electron chi connectivity index (χ4n) is 9.25. The number of hydrogen-bond donors (Lipinski definition) is 2. The van der Waals surface area contributed by atoms with Gasteiger partial charge in [0.2, 0.25) is 0 Å². The standard InChI is InChI=1S/C30H52O3/c1-7-27(3,31)14-12-21(2)24-10-11-25-23-9-8-22-20-28(4,32)16-17-30(22,18-19-33-6)26(23)13-15-29(24,25)5/h8,21,23-26,31-32H,7,9-20H2,1-6H3/t21-,23+,24-,25+,26+,27?,28+,29-,30-/m1/s1. The van der Waals surface area contributed by atoms with Gasteiger partial charge in [-0.25, -0.2) is 0 Å². The third-order valence-corrected chi connectivity index (χ3v) is 11.5. The quantitative estimate of drug-likeness (QED) is 0.387. The molecular weight excluding hydrogens is 408 g/mol. The van der Waals surface area contributed by atoms with Gasteiger partial charge in [0, 0.05) is 13.7 Å². The van der Waals surface area contributed by atoms with Crippen LogP contribution in [-0.2, 0) is 4.74 Å². The summed E-state index contributed by atoms with van der Waals surface area (Å²) in [5, 5.41) is 21.4. The summed E-state index contributed by atoms with van der Waals surface area (Å²) in [6.45, 7) is 12.1. The van der Waals surface area contributed by atoms with E-state index >= 15 is 0 Å². The van der Waals surface area contributed by atoms with Crippen molar-refractivity contribution < 1.29 is 14.9 Å². The molecule has 33 heavy (non-hydrogen) atoms. The molecule has 3 nitrogen and oxygen atoms in total. The van der Waals surface area contributed by atoms with Crippen LogP contribution in [0.3, 0.4) is 0 Å². The lowest BCUT2D eigenvalue weighted by Gasteiger charge is -2.60. The van der Waals surface area contributed by atoms with E-state index in [0.29, 0.717) is 11.3 Å². The zero-order valence-electron chi connectivity index (χ0n) is 22.5. The molecule has 0 saturated heterocycles. The van der Waals surface area contributed by atoms with Crippen molar-refractivity contribution in [3.63, 3.8) is 0 Å². The molecule has 0 bridgehead atoms. The Bertz CT molecular complexity index is 724. The number of rotatable bonds is 8. The molecule has 0 amide bonds. The molecule has 0 aliphatic heterocycles. The molecule has 2 N–H and O–H groups in total. The van der Waals surface area contributed by atoms with Crippen LogP contribution in [0.5, 0.6) is 0 Å². The molecule has 0 aromatic heterocycles. The van der Waals surface area contributed by atoms with Gasteiger partial charge in [-0.15, -0.1) is 0 Å². The molecule has 0 radical (unpaired) electrons. The van der Waals surface area contributed by atoms with Crippen molar-refractivity contribution in [3.05, 3.63) is 11.6 Å². The zero-order chi connectivity index (χ0) is 24.1. The van der Waals surface area contributed by atoms with E-state index in [-0.39, 0.29) is 5.41 Å². The van der Waals surface area contributed by atoms with Gasteiger partial charge in [-0.1, -0.05) is 32.4 Å². The summed E-state index contributed by atoms with van der Waals surface area (Å²) in [4.78, 5) is 0. The average Bonchev–Trinajstić information content (AvgIpc) is 3.13. The van der Waals surface area contributed by atoms with Gasteiger partial charge in [0.25, 0.3) is 0 Å². The zero-order valence-corrected chi connectivity index (χ0v) is 22.5. The van der Waals surface area contributed by atoms with E-state index in [0.717, 1.165) is 75.2 Å². The normalized spacial score (nSPS) is 45.4. The summed E-state index contributed by atoms with van der Waals surface area (Å²) in [7, 11) is 1.84. The Morgan fingerprint density at radius 2 is 1.91 bits per heavy atom. The first-order valence-electron chi connectivity index (χ1n) is 14.1. The lowest BCUT2D eigenvalue weighted by molar-refractivity contribution is -0.0847. The van der Waals surface area contributed by atoms with Gasteiger partial charge in [0.05, 0.1) is 11.2 Å². The highest BCUT2D eigenvalue weighted by molar-refractivity contribution is 5.28. The molecule has 0 aromatic rings. The minimum absolute atomic E-state index is 0.256. The molecule has 3 saturated carbocycles. The number of ether oxygens (including phenoxy) is 1. The molecule has 3 fully saturated rings. The van der Waals surface area contributed by atoms with E-state index in [1.54, 1.807) is 5.57 Å². The monoisotopic (exact) mass is 460 g/mol. The lowest BCUT2D eigenvalue weighted by Crippen LogP contribution is -2.53. The topological polar surface area (TPSA) is 49.7 Å². The van der Waals surface area contributed by atoms with Crippen LogP contribution in [0.2, 0.25) is 0 Å². The van der Waals surface area contributed by atoms with Crippen LogP contribution in [0.25, 0.3) is 0 Å². The molecular formula is C30H52O3. The Labute approximate surface area is 203 Å². The van der Waals surface area contributed by atoms with Crippen LogP contribution in [0.4, 0.5) is 0 Å². The van der Waals surface area contributed by atoms with Crippen molar-refractivity contribution in [3.8, 4) is 0 Å². The molecule has 0 aromatic carbocycles. The van der Waals surface area contributed by atoms with Crippen molar-refractivity contribution in [2.24, 2.45) is 40.4 Å². The number of aliphatic hydroxyl groups is 2. The number of methoxy groups -OCH3 is 1. The summed E-state index contributed by atoms with van der Waals surface area (Å²) < 4.78 is 5.63. The smallest absolute Gasteiger partial charge is 0.0657 e. The Morgan fingerprint density at radius 3 is 2.61 bits per heavy atom. The minimum Gasteiger partial charge on any atom is -0.390 e. The fourth-order valence-corrected chi connectivity index (χ4v) is 9.25. The maximum Gasteiger partial charge on any atom is 0.0657 e. The van der Waals surface area contributed by atoms with E-state index in [2.05, 4.69) is 26.8 Å². The number of allylic oxidation sites excluding steroid dienone is 1. The summed E-state index contributed by atoms with van der Waals surface area (Å²) in [6.07, 6.45) is 16.2. The van der Waals surface area contributed by atoms with Gasteiger partial charge in [-0.3, -0.25) is 0 Å². The molecule has 1 unspecified atom stereocenters. The first kappa shape index (κ1) is 25.7. The second-order valence-corrected chi connectivity index (χ2v) is 13.5. The molecule has 4 aliphatic carbocycles. The molecule has 4 rings (SSSR count). The largest absolute Gasteiger partial charge is 0.390 e. The lowest BCUT2D eigenvalue weighted by atomic mass is 9.45. The Hall–Kier alpha value is -0.380. The van der Waals surface area contributed by atoms with Gasteiger partial charge in [-0.2, -0.15) is 0 Å². The van der Waals surface area contributed by atoms with Gasteiger partial charge >= 0.3 is 0 Å². The predicted octanol–water partition coefficient (Wildman–Crippen LogP) is 6.91. The van der Waals surface area contributed by atoms with Crippen molar-refractivity contribution in [1.29, 1.82) is 0 Å². The van der Waals surface area contributed by atoms with Crippen LogP contribution in [0.15, 0.2) is 11.6 Å². The minimum atomic E-state index is -0.536. The maximum atomic E-state index is 10.9. The van der Waals surface area contributed by atoms with Gasteiger partial charge in [-0.05, 0) is 131 Å². The summed E-state index contributed by atoms with van der Waals surface area (Å²) in [6, 6.07) is 0. The van der Waals surface area contributed by atoms with Crippen LogP contribution in [-0.4, -0.2) is 35.1 Å². The maximum absolute atomic E-state index is 10.9. The second-order valence-electron chi connectivity index (χ2n) is 13.5. The van der Waals surface area contributed by atoms with Crippen LogP contribution < -0.4 is 0 Å². The van der Waals surface area contributed by atoms with E-state index in [4.69, 9.17) is 4.74 Å². The van der Waals surface area contributed by atoms with Gasteiger partial charge < -0.3 is 14.9 Å². The molecule has 9 atom stereocenters. The van der Waals surface area contributed by atoms with Crippen LogP contribution in [0, 0.1) is 40.4 Å². The van der Waals surface area contributed by atoms with Gasteiger partial charge in [0.1, 0.15) is 0 Å². The number of fused-ring (bicyclic) bond motifs is 5. The third-order valence-electron chi connectivity index (χ3n) is 11.5. The molecule has 3 heteroatoms. The second kappa shape index (κ2) is 9.25. The highest BCUT2D eigenvalue weighted by Gasteiger charge is 2.60. The van der Waals surface area contributed by atoms with Crippen molar-refractivity contribution in [2.45, 2.75) is 123 Å². The Balaban J connectivity index is 1.55. The SMILES string of the molecule is CCC(C)(O)CC[C@@H](C)[C@H]1CC[C@H]2[C@@H]3CC=C4C[C@@](C)(O)CC[C@]4(CCOC)[C@H]3CC[C@]12C. The first-order valence-corrected chi connectivity index (χ1v) is 14.1. The van der Waals surface area contributed by atoms with Crippen molar-refractivity contribution in [1.82, 2.24) is 0 Å².